The molecule has 0 aliphatic heterocycles. The maximum absolute atomic E-state index is 9.04. The highest BCUT2D eigenvalue weighted by molar-refractivity contribution is 6.14. The van der Waals surface area contributed by atoms with E-state index in [1.807, 2.05) is 26.0 Å². The van der Waals surface area contributed by atoms with E-state index in [1.165, 1.54) is 6.92 Å². The van der Waals surface area contributed by atoms with Crippen molar-refractivity contribution in [3.63, 3.8) is 0 Å². The fourth-order valence-corrected chi connectivity index (χ4v) is 3.79. The molecule has 0 spiro atoms. The molecule has 3 heteroatoms. The lowest BCUT2D eigenvalue weighted by molar-refractivity contribution is -0.666. The van der Waals surface area contributed by atoms with E-state index < -0.39 is 12.7 Å². The van der Waals surface area contributed by atoms with Gasteiger partial charge in [-0.2, -0.15) is 4.57 Å². The van der Waals surface area contributed by atoms with Crippen LogP contribution in [0.2, 0.25) is 0 Å². The smallest absolute Gasteiger partial charge is 0.229 e. The summed E-state index contributed by atoms with van der Waals surface area (Å²) in [6.07, 6.45) is 0. The fraction of sp³-hybridized carbons (Fsp3) is 0.280. The van der Waals surface area contributed by atoms with Crippen molar-refractivity contribution in [2.45, 2.75) is 40.4 Å². The molecule has 140 valence electrons. The van der Waals surface area contributed by atoms with E-state index in [0.717, 1.165) is 21.9 Å². The van der Waals surface area contributed by atoms with E-state index in [9.17, 15) is 0 Å². The van der Waals surface area contributed by atoms with E-state index in [-0.39, 0.29) is 17.6 Å². The molecule has 2 aromatic heterocycles. The number of hydrogen-bond donors (Lipinski definition) is 0. The summed E-state index contributed by atoms with van der Waals surface area (Å²) in [5, 5.41) is 1.61. The van der Waals surface area contributed by atoms with Gasteiger partial charge in [-0.15, -0.1) is 0 Å². The maximum Gasteiger partial charge on any atom is 0.229 e. The first-order valence-corrected chi connectivity index (χ1v) is 9.07. The van der Waals surface area contributed by atoms with Crippen LogP contribution in [0.25, 0.3) is 38.0 Å². The minimum Gasteiger partial charge on any atom is -0.466 e. The normalized spacial score (nSPS) is 17.1. The molecular weight excluding hydrogens is 344 g/mol. The predicted octanol–water partition coefficient (Wildman–Crippen LogP) is 6.68. The van der Waals surface area contributed by atoms with E-state index in [1.54, 1.807) is 30.7 Å². The molecule has 2 aromatic carbocycles. The third-order valence-corrected chi connectivity index (χ3v) is 5.26. The molecule has 28 heavy (non-hydrogen) atoms. The van der Waals surface area contributed by atoms with Crippen molar-refractivity contribution in [3.8, 4) is 11.3 Å². The van der Waals surface area contributed by atoms with Crippen LogP contribution in [0.5, 0.6) is 0 Å². The average molecular weight is 376 g/mol. The minimum absolute atomic E-state index is 0.134. The molecule has 0 saturated carbocycles. The first kappa shape index (κ1) is 12.4. The molecule has 0 saturated heterocycles. The number of aromatic nitrogens is 1. The van der Waals surface area contributed by atoms with E-state index >= 15 is 0 Å². The third-order valence-electron chi connectivity index (χ3n) is 5.26. The highest BCUT2D eigenvalue weighted by Crippen LogP contribution is 2.42. The van der Waals surface area contributed by atoms with Crippen LogP contribution in [0.4, 0.5) is 5.69 Å². The topological polar surface area (TPSA) is 21.4 Å². The Labute approximate surface area is 174 Å². The van der Waals surface area contributed by atoms with E-state index in [2.05, 4.69) is 4.85 Å². The van der Waals surface area contributed by atoms with Gasteiger partial charge in [0.05, 0.1) is 14.9 Å². The number of aryl methyl sites for hydroxylation is 2. The first-order chi connectivity index (χ1) is 15.7. The largest absolute Gasteiger partial charge is 0.466 e. The Kier molecular flexibility index (Phi) is 2.87. The molecule has 4 aromatic rings. The number of benzene rings is 2. The summed E-state index contributed by atoms with van der Waals surface area (Å²) in [5.74, 6) is -2.15. The van der Waals surface area contributed by atoms with Gasteiger partial charge in [0.1, 0.15) is 18.2 Å². The predicted molar refractivity (Wildman–Crippen MR) is 115 cm³/mol. The Hall–Kier alpha value is -3.12. The first-order valence-electron chi connectivity index (χ1n) is 12.1. The second-order valence-electron chi connectivity index (χ2n) is 7.20. The standard InChI is InChI=1S/C25H25N2O/c1-14(2)18-12-17(5)27(7)21(13-18)23-16(4)11-15(3)22-19-9-8-10-20(26-6)24(19)28-25(22)23/h8-14H,1-5,7H3/q+1/i1D3,12D,13D,14D. The number of fused-ring (bicyclic) bond motifs is 3. The lowest BCUT2D eigenvalue weighted by Crippen LogP contribution is -2.35. The minimum atomic E-state index is -2.73. The summed E-state index contributed by atoms with van der Waals surface area (Å²) < 4.78 is 58.0. The third kappa shape index (κ3) is 2.60. The van der Waals surface area contributed by atoms with Crippen molar-refractivity contribution in [3.05, 3.63) is 70.2 Å². The molecule has 0 aliphatic carbocycles. The Balaban J connectivity index is 2.24. The molecule has 0 bridgehead atoms. The fourth-order valence-electron chi connectivity index (χ4n) is 3.79. The van der Waals surface area contributed by atoms with Gasteiger partial charge in [0, 0.05) is 35.3 Å². The Morgan fingerprint density at radius 3 is 2.71 bits per heavy atom. The molecule has 4 rings (SSSR count). The summed E-state index contributed by atoms with van der Waals surface area (Å²) in [4.78, 5) is 3.58. The van der Waals surface area contributed by atoms with Gasteiger partial charge in [0.2, 0.25) is 11.4 Å². The number of nitrogens with zero attached hydrogens (tertiary/aromatic N) is 2. The highest BCUT2D eigenvalue weighted by Gasteiger charge is 2.24. The van der Waals surface area contributed by atoms with E-state index in [4.69, 9.17) is 19.2 Å². The zero-order valence-electron chi connectivity index (χ0n) is 22.6. The van der Waals surface area contributed by atoms with Crippen LogP contribution in [-0.4, -0.2) is 0 Å². The van der Waals surface area contributed by atoms with Crippen LogP contribution < -0.4 is 4.57 Å². The summed E-state index contributed by atoms with van der Waals surface area (Å²) in [5.41, 5.74) is 4.35. The van der Waals surface area contributed by atoms with Crippen LogP contribution >= 0.6 is 0 Å². The van der Waals surface area contributed by atoms with Crippen LogP contribution in [0.15, 0.2) is 40.8 Å². The molecule has 0 fully saturated rings. The Morgan fingerprint density at radius 2 is 2.00 bits per heavy atom. The van der Waals surface area contributed by atoms with Gasteiger partial charge in [-0.1, -0.05) is 38.0 Å². The lowest BCUT2D eigenvalue weighted by atomic mass is 9.94. The monoisotopic (exact) mass is 375 g/mol. The number of pyridine rings is 1. The number of rotatable bonds is 2. The van der Waals surface area contributed by atoms with Gasteiger partial charge in [-0.05, 0) is 36.4 Å². The van der Waals surface area contributed by atoms with Crippen LogP contribution in [0.3, 0.4) is 0 Å². The van der Waals surface area contributed by atoms with Crippen molar-refractivity contribution in [2.75, 3.05) is 0 Å². The van der Waals surface area contributed by atoms with Crippen LogP contribution in [0.1, 0.15) is 50.3 Å². The van der Waals surface area contributed by atoms with Crippen molar-refractivity contribution in [2.24, 2.45) is 7.05 Å². The summed E-state index contributed by atoms with van der Waals surface area (Å²) >= 11 is 0. The van der Waals surface area contributed by atoms with Gasteiger partial charge >= 0.3 is 0 Å². The second-order valence-corrected chi connectivity index (χ2v) is 7.20. The van der Waals surface area contributed by atoms with Crippen molar-refractivity contribution >= 4 is 27.6 Å². The molecule has 1 atom stereocenters. The molecule has 0 amide bonds. The average Bonchev–Trinajstić information content (AvgIpc) is 3.13. The van der Waals surface area contributed by atoms with Crippen LogP contribution in [-0.2, 0) is 7.05 Å². The molecule has 0 radical (unpaired) electrons. The van der Waals surface area contributed by atoms with Crippen molar-refractivity contribution < 1.29 is 17.2 Å². The van der Waals surface area contributed by atoms with Crippen molar-refractivity contribution in [1.82, 2.24) is 0 Å². The Bertz CT molecular complexity index is 1540. The number of para-hydroxylation sites is 1. The Morgan fingerprint density at radius 1 is 1.21 bits per heavy atom. The summed E-state index contributed by atoms with van der Waals surface area (Å²) in [7, 11) is 1.72. The van der Waals surface area contributed by atoms with Gasteiger partial charge in [0.25, 0.3) is 0 Å². The van der Waals surface area contributed by atoms with Gasteiger partial charge in [-0.3, -0.25) is 0 Å². The second kappa shape index (κ2) is 6.49. The maximum atomic E-state index is 9.04. The molecule has 0 aliphatic rings. The number of furan rings is 1. The molecule has 1 unspecified atom stereocenters. The van der Waals surface area contributed by atoms with Crippen molar-refractivity contribution in [1.29, 1.82) is 0 Å². The van der Waals surface area contributed by atoms with E-state index in [0.29, 0.717) is 33.8 Å². The SMILES string of the molecule is [2H]c1c(C([2H])(C)C([2H])([2H])[2H])c([2H])c(-c2c(C)cc(C)c3c2oc2c([N+]#[C-])cccc23)[n+](C)c1C. The number of hydrogen-bond acceptors (Lipinski definition) is 1. The van der Waals surface area contributed by atoms with Crippen LogP contribution in [0, 0.1) is 27.3 Å². The lowest BCUT2D eigenvalue weighted by Gasteiger charge is -2.12. The van der Waals surface area contributed by atoms with Gasteiger partial charge in [-0.25, -0.2) is 4.85 Å². The molecule has 0 N–H and O–H groups in total. The van der Waals surface area contributed by atoms with Gasteiger partial charge in [0.15, 0.2) is 5.69 Å². The van der Waals surface area contributed by atoms with Gasteiger partial charge < -0.3 is 4.42 Å². The molecule has 2 heterocycles. The summed E-state index contributed by atoms with van der Waals surface area (Å²) in [6.45, 7) is 11.5. The molecule has 3 nitrogen and oxygen atoms in total. The summed E-state index contributed by atoms with van der Waals surface area (Å²) in [6, 6.07) is 7.04. The highest BCUT2D eigenvalue weighted by atomic mass is 16.3. The molecular formula is C25H25N2O+. The quantitative estimate of drug-likeness (QED) is 0.283. The zero-order chi connectivity index (χ0) is 25.3. The zero-order valence-corrected chi connectivity index (χ0v) is 16.6.